The Morgan fingerprint density at radius 2 is 1.69 bits per heavy atom. The highest BCUT2D eigenvalue weighted by atomic mass is 16.6. The lowest BCUT2D eigenvalue weighted by Gasteiger charge is -2.09. The molecule has 1 aliphatic rings. The summed E-state index contributed by atoms with van der Waals surface area (Å²) in [5, 5.41) is 0. The predicted octanol–water partition coefficient (Wildman–Crippen LogP) is 5.29. The number of ether oxygens (including phenoxy) is 4. The molecule has 0 spiro atoms. The number of hydrogen-bond donors (Lipinski definition) is 0. The van der Waals surface area contributed by atoms with Gasteiger partial charge in [-0.3, -0.25) is 0 Å². The summed E-state index contributed by atoms with van der Waals surface area (Å²) in [4.78, 5) is 34.8. The van der Waals surface area contributed by atoms with Crippen molar-refractivity contribution in [3.05, 3.63) is 77.9 Å². The lowest BCUT2D eigenvalue weighted by atomic mass is 10.1. The van der Waals surface area contributed by atoms with Crippen molar-refractivity contribution in [1.29, 1.82) is 0 Å². The number of hydrogen-bond acceptors (Lipinski definition) is 7. The van der Waals surface area contributed by atoms with Gasteiger partial charge in [0, 0.05) is 18.1 Å². The van der Waals surface area contributed by atoms with Crippen molar-refractivity contribution in [3.63, 3.8) is 0 Å². The summed E-state index contributed by atoms with van der Waals surface area (Å²) in [6.07, 6.45) is 8.46. The molecule has 2 aromatic carbocycles. The van der Waals surface area contributed by atoms with Gasteiger partial charge in [0.2, 0.25) is 0 Å². The number of unbranched alkanes of at least 4 members (excludes halogenated alkanes) is 3. The molecule has 1 heterocycles. The normalized spacial score (nSPS) is 15.2. The third kappa shape index (κ3) is 8.45. The Balaban J connectivity index is 1.33. The van der Waals surface area contributed by atoms with Crippen LogP contribution < -0.4 is 9.47 Å². The van der Waals surface area contributed by atoms with E-state index in [1.165, 1.54) is 13.2 Å². The Bertz CT molecular complexity index is 1040. The van der Waals surface area contributed by atoms with Gasteiger partial charge in [0.1, 0.15) is 17.6 Å². The van der Waals surface area contributed by atoms with Gasteiger partial charge in [-0.15, -0.1) is 0 Å². The molecule has 1 fully saturated rings. The van der Waals surface area contributed by atoms with Gasteiger partial charge in [-0.25, -0.2) is 14.4 Å². The second-order valence-corrected chi connectivity index (χ2v) is 8.23. The fourth-order valence-corrected chi connectivity index (χ4v) is 3.55. The number of esters is 3. The molecule has 0 aromatic heterocycles. The van der Waals surface area contributed by atoms with Crippen LogP contribution in [0.4, 0.5) is 0 Å². The second kappa shape index (κ2) is 13.1. The number of methoxy groups -OCH3 is 1. The Morgan fingerprint density at radius 3 is 2.34 bits per heavy atom. The number of benzene rings is 2. The van der Waals surface area contributed by atoms with Gasteiger partial charge in [-0.2, -0.15) is 0 Å². The zero-order chi connectivity index (χ0) is 25.0. The maximum absolute atomic E-state index is 12.4. The average Bonchev–Trinajstić information content (AvgIpc) is 3.19. The van der Waals surface area contributed by atoms with Crippen LogP contribution in [0.2, 0.25) is 0 Å². The molecule has 0 radical (unpaired) electrons. The van der Waals surface area contributed by atoms with Crippen LogP contribution in [0, 0.1) is 0 Å². The molecular weight excluding hydrogens is 448 g/mol. The molecule has 0 saturated carbocycles. The summed E-state index contributed by atoms with van der Waals surface area (Å²) in [5.74, 6) is -0.0694. The molecular formula is C28H30O7. The molecule has 35 heavy (non-hydrogen) atoms. The van der Waals surface area contributed by atoms with Gasteiger partial charge in [-0.1, -0.05) is 31.6 Å². The zero-order valence-corrected chi connectivity index (χ0v) is 19.9. The van der Waals surface area contributed by atoms with Crippen LogP contribution >= 0.6 is 0 Å². The fourth-order valence-electron chi connectivity index (χ4n) is 3.55. The number of rotatable bonds is 12. The largest absolute Gasteiger partial charge is 0.494 e. The Morgan fingerprint density at radius 1 is 1.00 bits per heavy atom. The van der Waals surface area contributed by atoms with E-state index in [1.807, 2.05) is 0 Å². The Labute approximate surface area is 205 Å². The monoisotopic (exact) mass is 478 g/mol. The van der Waals surface area contributed by atoms with Crippen LogP contribution in [0.5, 0.6) is 11.5 Å². The number of cyclic esters (lactones) is 1. The minimum atomic E-state index is -0.467. The standard InChI is InChI=1S/C28H30O7/c1-20-19-25(35-27(20)30)7-5-3-4-6-18-33-23-15-11-22(12-16-23)28(31)34-24-13-8-21(9-14-24)10-17-26(29)32-2/h8-17,25H,1,3-7,18-19H2,2H3/b17-10+. The van der Waals surface area contributed by atoms with E-state index in [4.69, 9.17) is 14.2 Å². The van der Waals surface area contributed by atoms with E-state index >= 15 is 0 Å². The first kappa shape index (κ1) is 25.7. The van der Waals surface area contributed by atoms with Gasteiger partial charge in [0.15, 0.2) is 0 Å². The molecule has 1 unspecified atom stereocenters. The molecule has 1 saturated heterocycles. The summed E-state index contributed by atoms with van der Waals surface area (Å²) in [6, 6.07) is 13.6. The van der Waals surface area contributed by atoms with E-state index in [9.17, 15) is 14.4 Å². The summed E-state index contributed by atoms with van der Waals surface area (Å²) >= 11 is 0. The fraction of sp³-hybridized carbons (Fsp3) is 0.321. The summed E-state index contributed by atoms with van der Waals surface area (Å²) in [6.45, 7) is 4.29. The Kier molecular flexibility index (Phi) is 9.66. The number of carbonyl (C=O) groups is 3. The van der Waals surface area contributed by atoms with Crippen LogP contribution in [-0.2, 0) is 19.1 Å². The van der Waals surface area contributed by atoms with Crippen molar-refractivity contribution in [2.75, 3.05) is 13.7 Å². The van der Waals surface area contributed by atoms with E-state index in [2.05, 4.69) is 11.3 Å². The first-order chi connectivity index (χ1) is 16.9. The third-order valence-electron chi connectivity index (χ3n) is 5.52. The summed E-state index contributed by atoms with van der Waals surface area (Å²) < 4.78 is 20.9. The lowest BCUT2D eigenvalue weighted by molar-refractivity contribution is -0.139. The number of carbonyl (C=O) groups excluding carboxylic acids is 3. The predicted molar refractivity (Wildman–Crippen MR) is 131 cm³/mol. The van der Waals surface area contributed by atoms with Crippen molar-refractivity contribution in [2.45, 2.75) is 44.6 Å². The van der Waals surface area contributed by atoms with E-state index in [-0.39, 0.29) is 12.1 Å². The topological polar surface area (TPSA) is 88.1 Å². The molecule has 7 nitrogen and oxygen atoms in total. The highest BCUT2D eigenvalue weighted by Crippen LogP contribution is 2.23. The Hall–Kier alpha value is -3.87. The van der Waals surface area contributed by atoms with Gasteiger partial charge in [0.25, 0.3) is 0 Å². The van der Waals surface area contributed by atoms with Gasteiger partial charge in [0.05, 0.1) is 19.3 Å². The van der Waals surface area contributed by atoms with Crippen molar-refractivity contribution < 1.29 is 33.3 Å². The molecule has 1 aliphatic heterocycles. The minimum absolute atomic E-state index is 0.00833. The summed E-state index contributed by atoms with van der Waals surface area (Å²) in [5.41, 5.74) is 1.77. The van der Waals surface area contributed by atoms with Crippen LogP contribution in [0.1, 0.15) is 54.4 Å². The van der Waals surface area contributed by atoms with Crippen molar-refractivity contribution in [1.82, 2.24) is 0 Å². The second-order valence-electron chi connectivity index (χ2n) is 8.23. The molecule has 1 atom stereocenters. The highest BCUT2D eigenvalue weighted by molar-refractivity contribution is 5.91. The first-order valence-corrected chi connectivity index (χ1v) is 11.6. The SMILES string of the molecule is C=C1CC(CCCCCCOc2ccc(C(=O)Oc3ccc(/C=C/C(=O)OC)cc3)cc2)OC1=O. The maximum atomic E-state index is 12.4. The van der Waals surface area contributed by atoms with Crippen LogP contribution in [0.15, 0.2) is 66.8 Å². The smallest absolute Gasteiger partial charge is 0.343 e. The van der Waals surface area contributed by atoms with Crippen LogP contribution in [0.3, 0.4) is 0 Å². The first-order valence-electron chi connectivity index (χ1n) is 11.6. The zero-order valence-electron chi connectivity index (χ0n) is 19.9. The molecule has 0 bridgehead atoms. The van der Waals surface area contributed by atoms with E-state index in [0.717, 1.165) is 37.7 Å². The lowest BCUT2D eigenvalue weighted by Crippen LogP contribution is -2.08. The van der Waals surface area contributed by atoms with Crippen molar-refractivity contribution >= 4 is 24.0 Å². The van der Waals surface area contributed by atoms with Crippen LogP contribution in [0.25, 0.3) is 6.08 Å². The van der Waals surface area contributed by atoms with Crippen LogP contribution in [-0.4, -0.2) is 37.7 Å². The average molecular weight is 479 g/mol. The quantitative estimate of drug-likeness (QED) is 0.177. The maximum Gasteiger partial charge on any atom is 0.343 e. The molecule has 7 heteroatoms. The van der Waals surface area contributed by atoms with Crippen molar-refractivity contribution in [2.24, 2.45) is 0 Å². The van der Waals surface area contributed by atoms with E-state index in [0.29, 0.717) is 35.7 Å². The highest BCUT2D eigenvalue weighted by Gasteiger charge is 2.26. The molecule has 0 amide bonds. The van der Waals surface area contributed by atoms with Gasteiger partial charge >= 0.3 is 17.9 Å². The molecule has 0 aliphatic carbocycles. The molecule has 0 N–H and O–H groups in total. The van der Waals surface area contributed by atoms with Gasteiger partial charge < -0.3 is 18.9 Å². The minimum Gasteiger partial charge on any atom is -0.494 e. The van der Waals surface area contributed by atoms with E-state index < -0.39 is 11.9 Å². The van der Waals surface area contributed by atoms with Gasteiger partial charge in [-0.05, 0) is 67.3 Å². The third-order valence-corrected chi connectivity index (χ3v) is 5.52. The molecule has 2 aromatic rings. The van der Waals surface area contributed by atoms with E-state index in [1.54, 1.807) is 54.6 Å². The summed E-state index contributed by atoms with van der Waals surface area (Å²) in [7, 11) is 1.31. The molecule has 3 rings (SSSR count). The van der Waals surface area contributed by atoms with Crippen molar-refractivity contribution in [3.8, 4) is 11.5 Å². The molecule has 184 valence electrons.